The maximum absolute atomic E-state index is 12.1. The van der Waals surface area contributed by atoms with Crippen molar-refractivity contribution in [2.75, 3.05) is 18.5 Å². The van der Waals surface area contributed by atoms with Gasteiger partial charge in [0.05, 0.1) is 18.4 Å². The van der Waals surface area contributed by atoms with Gasteiger partial charge in [0.15, 0.2) is 0 Å². The second kappa shape index (κ2) is 5.93. The van der Waals surface area contributed by atoms with Crippen LogP contribution in [0.4, 0.5) is 10.5 Å². The van der Waals surface area contributed by atoms with Crippen LogP contribution in [-0.4, -0.2) is 30.1 Å². The number of nitrogens with zero attached hydrogens (tertiary/aromatic N) is 1. The number of ether oxygens (including phenoxy) is 1. The summed E-state index contributed by atoms with van der Waals surface area (Å²) in [7, 11) is 0. The van der Waals surface area contributed by atoms with Crippen LogP contribution in [0.2, 0.25) is 0 Å². The SMILES string of the molecule is Cc1occc1C(=O)Nc1cccc(CN2CCOC2=O)c1. The molecule has 22 heavy (non-hydrogen) atoms. The molecule has 1 N–H and O–H groups in total. The highest BCUT2D eigenvalue weighted by atomic mass is 16.6. The number of benzene rings is 1. The van der Waals surface area contributed by atoms with Crippen LogP contribution in [0.15, 0.2) is 41.0 Å². The van der Waals surface area contributed by atoms with Crippen molar-refractivity contribution in [3.8, 4) is 0 Å². The number of amides is 2. The van der Waals surface area contributed by atoms with Crippen LogP contribution >= 0.6 is 0 Å². The lowest BCUT2D eigenvalue weighted by Crippen LogP contribution is -2.23. The molecule has 114 valence electrons. The number of nitrogens with one attached hydrogen (secondary N) is 1. The number of hydrogen-bond acceptors (Lipinski definition) is 4. The predicted molar refractivity (Wildman–Crippen MR) is 79.6 cm³/mol. The van der Waals surface area contributed by atoms with Gasteiger partial charge >= 0.3 is 6.09 Å². The Hall–Kier alpha value is -2.76. The molecule has 1 aromatic carbocycles. The van der Waals surface area contributed by atoms with Gasteiger partial charge in [-0.2, -0.15) is 0 Å². The lowest BCUT2D eigenvalue weighted by Gasteiger charge is -2.13. The van der Waals surface area contributed by atoms with Crippen molar-refractivity contribution in [1.82, 2.24) is 4.90 Å². The van der Waals surface area contributed by atoms with Gasteiger partial charge in [0, 0.05) is 12.2 Å². The Kier molecular flexibility index (Phi) is 3.82. The van der Waals surface area contributed by atoms with Crippen molar-refractivity contribution in [2.24, 2.45) is 0 Å². The van der Waals surface area contributed by atoms with Gasteiger partial charge in [-0.15, -0.1) is 0 Å². The summed E-state index contributed by atoms with van der Waals surface area (Å²) in [6.45, 7) is 3.22. The van der Waals surface area contributed by atoms with Crippen LogP contribution in [-0.2, 0) is 11.3 Å². The second-order valence-corrected chi connectivity index (χ2v) is 5.08. The molecule has 1 aliphatic heterocycles. The van der Waals surface area contributed by atoms with E-state index in [1.165, 1.54) is 6.26 Å². The van der Waals surface area contributed by atoms with E-state index >= 15 is 0 Å². The molecule has 0 spiro atoms. The molecular weight excluding hydrogens is 284 g/mol. The maximum atomic E-state index is 12.1. The smallest absolute Gasteiger partial charge is 0.410 e. The van der Waals surface area contributed by atoms with E-state index in [0.717, 1.165) is 5.56 Å². The lowest BCUT2D eigenvalue weighted by molar-refractivity contribution is 0.102. The number of anilines is 1. The topological polar surface area (TPSA) is 71.8 Å². The highest BCUT2D eigenvalue weighted by Gasteiger charge is 2.21. The fraction of sp³-hybridized carbons (Fsp3) is 0.250. The summed E-state index contributed by atoms with van der Waals surface area (Å²) in [6, 6.07) is 9.03. The first-order valence-corrected chi connectivity index (χ1v) is 6.99. The molecule has 2 heterocycles. The van der Waals surface area contributed by atoms with Gasteiger partial charge in [-0.3, -0.25) is 4.79 Å². The summed E-state index contributed by atoms with van der Waals surface area (Å²) >= 11 is 0. The fourth-order valence-electron chi connectivity index (χ4n) is 2.36. The average Bonchev–Trinajstić information content (AvgIpc) is 3.09. The van der Waals surface area contributed by atoms with Crippen LogP contribution in [0.5, 0.6) is 0 Å². The molecule has 6 nitrogen and oxygen atoms in total. The average molecular weight is 300 g/mol. The Morgan fingerprint density at radius 3 is 2.91 bits per heavy atom. The van der Waals surface area contributed by atoms with Crippen molar-refractivity contribution in [2.45, 2.75) is 13.5 Å². The normalized spacial score (nSPS) is 14.0. The third-order valence-corrected chi connectivity index (χ3v) is 3.51. The molecule has 6 heteroatoms. The maximum Gasteiger partial charge on any atom is 0.410 e. The number of rotatable bonds is 4. The minimum Gasteiger partial charge on any atom is -0.469 e. The van der Waals surface area contributed by atoms with Gasteiger partial charge in [0.1, 0.15) is 12.4 Å². The Morgan fingerprint density at radius 1 is 1.36 bits per heavy atom. The van der Waals surface area contributed by atoms with Crippen LogP contribution in [0, 0.1) is 6.92 Å². The Labute approximate surface area is 127 Å². The van der Waals surface area contributed by atoms with Gasteiger partial charge < -0.3 is 19.4 Å². The monoisotopic (exact) mass is 300 g/mol. The van der Waals surface area contributed by atoms with Gasteiger partial charge in [0.2, 0.25) is 0 Å². The van der Waals surface area contributed by atoms with Gasteiger partial charge in [-0.05, 0) is 30.7 Å². The molecule has 1 aromatic heterocycles. The summed E-state index contributed by atoms with van der Waals surface area (Å²) in [5.74, 6) is 0.359. The van der Waals surface area contributed by atoms with E-state index in [1.807, 2.05) is 18.2 Å². The van der Waals surface area contributed by atoms with Gasteiger partial charge in [-0.1, -0.05) is 12.1 Å². The minimum atomic E-state index is -0.302. The fourth-order valence-corrected chi connectivity index (χ4v) is 2.36. The molecule has 0 radical (unpaired) electrons. The predicted octanol–water partition coefficient (Wildman–Crippen LogP) is 2.79. The second-order valence-electron chi connectivity index (χ2n) is 5.08. The van der Waals surface area contributed by atoms with E-state index < -0.39 is 0 Å². The first-order valence-electron chi connectivity index (χ1n) is 6.99. The van der Waals surface area contributed by atoms with Crippen LogP contribution < -0.4 is 5.32 Å². The number of hydrogen-bond donors (Lipinski definition) is 1. The van der Waals surface area contributed by atoms with Crippen molar-refractivity contribution >= 4 is 17.7 Å². The third-order valence-electron chi connectivity index (χ3n) is 3.51. The molecule has 1 saturated heterocycles. The Bertz CT molecular complexity index is 708. The van der Waals surface area contributed by atoms with Crippen molar-refractivity contribution < 1.29 is 18.7 Å². The summed E-state index contributed by atoms with van der Waals surface area (Å²) in [4.78, 5) is 25.2. The molecule has 0 bridgehead atoms. The zero-order chi connectivity index (χ0) is 15.5. The highest BCUT2D eigenvalue weighted by Crippen LogP contribution is 2.17. The van der Waals surface area contributed by atoms with Crippen molar-refractivity contribution in [3.63, 3.8) is 0 Å². The molecule has 0 aliphatic carbocycles. The Balaban J connectivity index is 1.70. The lowest BCUT2D eigenvalue weighted by atomic mass is 10.1. The summed E-state index contributed by atoms with van der Waals surface area (Å²) in [6.07, 6.45) is 1.18. The number of cyclic esters (lactones) is 1. The summed E-state index contributed by atoms with van der Waals surface area (Å²) in [5.41, 5.74) is 2.12. The molecule has 2 amide bonds. The quantitative estimate of drug-likeness (QED) is 0.942. The molecule has 3 rings (SSSR count). The van der Waals surface area contributed by atoms with E-state index in [2.05, 4.69) is 5.32 Å². The zero-order valence-electron chi connectivity index (χ0n) is 12.2. The molecule has 2 aromatic rings. The van der Waals surface area contributed by atoms with Gasteiger partial charge in [-0.25, -0.2) is 4.79 Å². The highest BCUT2D eigenvalue weighted by molar-refractivity contribution is 6.04. The van der Waals surface area contributed by atoms with E-state index in [-0.39, 0.29) is 12.0 Å². The summed E-state index contributed by atoms with van der Waals surface area (Å²) in [5, 5.41) is 2.83. The van der Waals surface area contributed by atoms with E-state index in [4.69, 9.17) is 9.15 Å². The number of carbonyl (C=O) groups is 2. The van der Waals surface area contributed by atoms with Crippen LogP contribution in [0.25, 0.3) is 0 Å². The van der Waals surface area contributed by atoms with Crippen LogP contribution in [0.1, 0.15) is 21.7 Å². The number of furan rings is 1. The molecule has 1 fully saturated rings. The van der Waals surface area contributed by atoms with E-state index in [0.29, 0.717) is 36.7 Å². The minimum absolute atomic E-state index is 0.219. The summed E-state index contributed by atoms with van der Waals surface area (Å²) < 4.78 is 10.0. The zero-order valence-corrected chi connectivity index (χ0v) is 12.2. The van der Waals surface area contributed by atoms with Crippen molar-refractivity contribution in [3.05, 3.63) is 53.5 Å². The first kappa shape index (κ1) is 14.2. The molecule has 0 atom stereocenters. The molecular formula is C16H16N2O4. The first-order chi connectivity index (χ1) is 10.6. The largest absolute Gasteiger partial charge is 0.469 e. The molecule has 0 saturated carbocycles. The number of aryl methyl sites for hydroxylation is 1. The Morgan fingerprint density at radius 2 is 2.23 bits per heavy atom. The standard InChI is InChI=1S/C16H16N2O4/c1-11-14(5-7-21-11)15(19)17-13-4-2-3-12(9-13)10-18-6-8-22-16(18)20/h2-5,7,9H,6,8,10H2,1H3,(H,17,19). The van der Waals surface area contributed by atoms with E-state index in [1.54, 1.807) is 24.0 Å². The van der Waals surface area contributed by atoms with Crippen LogP contribution in [0.3, 0.4) is 0 Å². The van der Waals surface area contributed by atoms with Crippen molar-refractivity contribution in [1.29, 1.82) is 0 Å². The molecule has 1 aliphatic rings. The van der Waals surface area contributed by atoms with E-state index in [9.17, 15) is 9.59 Å². The molecule has 0 unspecified atom stereocenters. The van der Waals surface area contributed by atoms with Gasteiger partial charge in [0.25, 0.3) is 5.91 Å². The number of carbonyl (C=O) groups excluding carboxylic acids is 2. The third kappa shape index (κ3) is 2.95.